The van der Waals surface area contributed by atoms with Gasteiger partial charge in [-0.1, -0.05) is 108 Å². The molecule has 162 valence electrons. The van der Waals surface area contributed by atoms with Gasteiger partial charge < -0.3 is 0 Å². The maximum Gasteiger partial charge on any atom is 0.132 e. The minimum atomic E-state index is 0.495. The Morgan fingerprint density at radius 2 is 1.00 bits per heavy atom. The average molecular weight is 389 g/mol. The number of Topliss-reactive ketones (excluding diaryl/α,β-unsaturated/α-hetero) is 1. The second-order valence-corrected chi connectivity index (χ2v) is 8.01. The molecule has 0 radical (unpaired) electrons. The molecule has 0 fully saturated rings. The Hall–Kier alpha value is -1.11. The van der Waals surface area contributed by atoms with Crippen molar-refractivity contribution in [2.75, 3.05) is 0 Å². The molecule has 0 amide bonds. The van der Waals surface area contributed by atoms with Crippen molar-refractivity contribution < 1.29 is 4.79 Å². The quantitative estimate of drug-likeness (QED) is 0.141. The van der Waals surface area contributed by atoms with Crippen LogP contribution in [0, 0.1) is 0 Å². The van der Waals surface area contributed by atoms with Crippen LogP contribution in [0.15, 0.2) is 36.5 Å². The molecule has 28 heavy (non-hydrogen) atoms. The van der Waals surface area contributed by atoms with Crippen LogP contribution in [0.25, 0.3) is 0 Å². The number of ketones is 1. The Morgan fingerprint density at radius 3 is 1.57 bits per heavy atom. The number of hydrogen-bond acceptors (Lipinski definition) is 1. The smallest absolute Gasteiger partial charge is 0.132 e. The molecule has 0 bridgehead atoms. The van der Waals surface area contributed by atoms with Gasteiger partial charge in [-0.3, -0.25) is 4.79 Å². The molecule has 0 aliphatic heterocycles. The third-order valence-electron chi connectivity index (χ3n) is 5.17. The average Bonchev–Trinajstić information content (AvgIpc) is 2.70. The zero-order chi connectivity index (χ0) is 20.5. The Bertz CT molecular complexity index is 402. The lowest BCUT2D eigenvalue weighted by molar-refractivity contribution is -0.119. The Balaban J connectivity index is 3.28. The van der Waals surface area contributed by atoms with E-state index in [1.165, 1.54) is 70.6 Å². The van der Waals surface area contributed by atoms with Crippen molar-refractivity contribution in [1.82, 2.24) is 0 Å². The van der Waals surface area contributed by atoms with Crippen LogP contribution in [0.2, 0.25) is 0 Å². The van der Waals surface area contributed by atoms with E-state index in [9.17, 15) is 4.79 Å². The monoisotopic (exact) mass is 388 g/mol. The first-order valence-electron chi connectivity index (χ1n) is 12.3. The number of carbonyl (C=O) groups excluding carboxylic acids is 1. The zero-order valence-corrected chi connectivity index (χ0v) is 19.1. The van der Waals surface area contributed by atoms with E-state index in [2.05, 4.69) is 50.3 Å². The minimum Gasteiger partial charge on any atom is -0.300 e. The van der Waals surface area contributed by atoms with E-state index in [0.29, 0.717) is 5.78 Å². The molecule has 0 aromatic heterocycles. The molecule has 0 heterocycles. The topological polar surface area (TPSA) is 17.1 Å². The van der Waals surface area contributed by atoms with E-state index in [1.807, 2.05) is 0 Å². The van der Waals surface area contributed by atoms with Crippen molar-refractivity contribution in [3.63, 3.8) is 0 Å². The van der Waals surface area contributed by atoms with Crippen LogP contribution < -0.4 is 0 Å². The van der Waals surface area contributed by atoms with Crippen molar-refractivity contribution in [2.45, 2.75) is 129 Å². The van der Waals surface area contributed by atoms with Gasteiger partial charge in [0.1, 0.15) is 5.78 Å². The molecule has 1 nitrogen and oxygen atoms in total. The Morgan fingerprint density at radius 1 is 0.536 bits per heavy atom. The van der Waals surface area contributed by atoms with Crippen molar-refractivity contribution in [2.24, 2.45) is 0 Å². The molecule has 0 aliphatic carbocycles. The second kappa shape index (κ2) is 23.9. The summed E-state index contributed by atoms with van der Waals surface area (Å²) < 4.78 is 0. The van der Waals surface area contributed by atoms with E-state index in [1.54, 1.807) is 0 Å². The van der Waals surface area contributed by atoms with Crippen LogP contribution >= 0.6 is 0 Å². The van der Waals surface area contributed by atoms with Crippen LogP contribution in [0.5, 0.6) is 0 Å². The molecule has 0 saturated carbocycles. The van der Waals surface area contributed by atoms with Gasteiger partial charge in [0.2, 0.25) is 0 Å². The number of hydrogen-bond donors (Lipinski definition) is 0. The van der Waals surface area contributed by atoms with E-state index < -0.39 is 0 Å². The maximum atomic E-state index is 11.9. The summed E-state index contributed by atoms with van der Waals surface area (Å²) in [5.74, 6) is 0.495. The SMILES string of the molecule is CCC=CCC=CCC=CCCCCCCCC(=O)CCCCCCCCC. The summed E-state index contributed by atoms with van der Waals surface area (Å²) in [4.78, 5) is 11.9. The van der Waals surface area contributed by atoms with E-state index in [4.69, 9.17) is 0 Å². The van der Waals surface area contributed by atoms with Crippen molar-refractivity contribution in [3.05, 3.63) is 36.5 Å². The van der Waals surface area contributed by atoms with E-state index in [-0.39, 0.29) is 0 Å². The molecule has 0 aromatic carbocycles. The lowest BCUT2D eigenvalue weighted by Crippen LogP contribution is -1.97. The van der Waals surface area contributed by atoms with Gasteiger partial charge in [0.15, 0.2) is 0 Å². The summed E-state index contributed by atoms with van der Waals surface area (Å²) in [5, 5.41) is 0. The highest BCUT2D eigenvalue weighted by atomic mass is 16.1. The van der Waals surface area contributed by atoms with Crippen LogP contribution in [0.4, 0.5) is 0 Å². The molecule has 0 N–H and O–H groups in total. The molecule has 0 unspecified atom stereocenters. The van der Waals surface area contributed by atoms with Crippen molar-refractivity contribution in [1.29, 1.82) is 0 Å². The van der Waals surface area contributed by atoms with Crippen LogP contribution in [-0.4, -0.2) is 5.78 Å². The summed E-state index contributed by atoms with van der Waals surface area (Å²) in [6.07, 6.45) is 34.9. The van der Waals surface area contributed by atoms with Crippen LogP contribution in [-0.2, 0) is 4.79 Å². The van der Waals surface area contributed by atoms with Gasteiger partial charge in [-0.05, 0) is 44.9 Å². The number of allylic oxidation sites excluding steroid dienone is 6. The van der Waals surface area contributed by atoms with Gasteiger partial charge in [0.05, 0.1) is 0 Å². The minimum absolute atomic E-state index is 0.495. The molecule has 0 atom stereocenters. The van der Waals surface area contributed by atoms with Gasteiger partial charge in [-0.25, -0.2) is 0 Å². The number of rotatable bonds is 21. The lowest BCUT2D eigenvalue weighted by atomic mass is 10.0. The molecular formula is C27H48O. The predicted octanol–water partition coefficient (Wildman–Crippen LogP) is 9.29. The van der Waals surface area contributed by atoms with Crippen LogP contribution in [0.3, 0.4) is 0 Å². The molecule has 0 rings (SSSR count). The fourth-order valence-corrected chi connectivity index (χ4v) is 3.35. The van der Waals surface area contributed by atoms with Crippen molar-refractivity contribution >= 4 is 5.78 Å². The van der Waals surface area contributed by atoms with Crippen LogP contribution in [0.1, 0.15) is 129 Å². The molecular weight excluding hydrogens is 340 g/mol. The fraction of sp³-hybridized carbons (Fsp3) is 0.741. The van der Waals surface area contributed by atoms with Gasteiger partial charge in [0, 0.05) is 12.8 Å². The summed E-state index contributed by atoms with van der Waals surface area (Å²) in [5.41, 5.74) is 0. The first-order chi connectivity index (χ1) is 13.8. The molecule has 0 saturated heterocycles. The highest BCUT2D eigenvalue weighted by molar-refractivity contribution is 5.78. The van der Waals surface area contributed by atoms with Gasteiger partial charge >= 0.3 is 0 Å². The fourth-order valence-electron chi connectivity index (χ4n) is 3.35. The number of carbonyl (C=O) groups is 1. The van der Waals surface area contributed by atoms with Crippen molar-refractivity contribution in [3.8, 4) is 0 Å². The Kier molecular flexibility index (Phi) is 23.0. The summed E-state index contributed by atoms with van der Waals surface area (Å²) in [6, 6.07) is 0. The second-order valence-electron chi connectivity index (χ2n) is 8.01. The Labute approximate surface area is 176 Å². The molecule has 1 heteroatoms. The summed E-state index contributed by atoms with van der Waals surface area (Å²) in [6.45, 7) is 4.42. The van der Waals surface area contributed by atoms with E-state index >= 15 is 0 Å². The highest BCUT2D eigenvalue weighted by Gasteiger charge is 2.01. The summed E-state index contributed by atoms with van der Waals surface area (Å²) in [7, 11) is 0. The molecule has 0 aromatic rings. The third-order valence-corrected chi connectivity index (χ3v) is 5.17. The zero-order valence-electron chi connectivity index (χ0n) is 19.1. The van der Waals surface area contributed by atoms with Gasteiger partial charge in [-0.15, -0.1) is 0 Å². The van der Waals surface area contributed by atoms with Gasteiger partial charge in [0.25, 0.3) is 0 Å². The normalized spacial score (nSPS) is 12.1. The van der Waals surface area contributed by atoms with E-state index in [0.717, 1.165) is 44.9 Å². The third kappa shape index (κ3) is 22.9. The largest absolute Gasteiger partial charge is 0.300 e. The van der Waals surface area contributed by atoms with Gasteiger partial charge in [-0.2, -0.15) is 0 Å². The molecule has 0 aliphatic rings. The standard InChI is InChI=1S/C27H48O/c1-3-5-7-9-11-12-13-14-15-16-17-18-20-22-24-26-27(28)25-23-21-19-10-8-6-4-2/h5,7,11-12,14-15H,3-4,6,8-10,13,16-26H2,1-2H3. The highest BCUT2D eigenvalue weighted by Crippen LogP contribution is 2.12. The first kappa shape index (κ1) is 26.9. The molecule has 0 spiro atoms. The maximum absolute atomic E-state index is 11.9. The predicted molar refractivity (Wildman–Crippen MR) is 127 cm³/mol. The summed E-state index contributed by atoms with van der Waals surface area (Å²) >= 11 is 0. The lowest BCUT2D eigenvalue weighted by Gasteiger charge is -2.02. The first-order valence-corrected chi connectivity index (χ1v) is 12.3. The number of unbranched alkanes of at least 4 members (excludes halogenated alkanes) is 11.